The molecule has 1 heterocycles. The lowest BCUT2D eigenvalue weighted by Gasteiger charge is -2.33. The largest absolute Gasteiger partial charge is 0.339 e. The first-order chi connectivity index (χ1) is 8.99. The molecule has 2 nitrogen and oxygen atoms in total. The first-order valence-corrected chi connectivity index (χ1v) is 7.91. The Morgan fingerprint density at radius 1 is 1.42 bits per heavy atom. The lowest BCUT2D eigenvalue weighted by Crippen LogP contribution is -2.40. The van der Waals surface area contributed by atoms with Crippen molar-refractivity contribution in [3.63, 3.8) is 0 Å². The topological polar surface area (TPSA) is 20.3 Å². The molecular formula is C15H19BrClNO. The molecule has 1 aliphatic rings. The van der Waals surface area contributed by atoms with Gasteiger partial charge in [0.2, 0.25) is 0 Å². The molecule has 1 aromatic rings. The van der Waals surface area contributed by atoms with Crippen LogP contribution in [0.5, 0.6) is 0 Å². The number of piperidine rings is 1. The second-order valence-electron chi connectivity index (χ2n) is 5.27. The molecule has 1 aromatic carbocycles. The van der Waals surface area contributed by atoms with Crippen molar-refractivity contribution >= 4 is 33.4 Å². The third kappa shape index (κ3) is 3.51. The molecule has 0 bridgehead atoms. The molecule has 4 heteroatoms. The highest BCUT2D eigenvalue weighted by molar-refractivity contribution is 9.10. The van der Waals surface area contributed by atoms with Crippen LogP contribution in [0.2, 0.25) is 0 Å². The van der Waals surface area contributed by atoms with E-state index in [1.54, 1.807) is 0 Å². The van der Waals surface area contributed by atoms with Gasteiger partial charge in [0, 0.05) is 28.5 Å². The van der Waals surface area contributed by atoms with Crippen LogP contribution >= 0.6 is 27.5 Å². The second-order valence-corrected chi connectivity index (χ2v) is 6.87. The molecule has 1 amide bonds. The minimum atomic E-state index is 0.144. The molecule has 1 aliphatic heterocycles. The first kappa shape index (κ1) is 14.9. The monoisotopic (exact) mass is 343 g/mol. The fourth-order valence-corrected chi connectivity index (χ4v) is 3.33. The number of amides is 1. The second kappa shape index (κ2) is 6.27. The van der Waals surface area contributed by atoms with Gasteiger partial charge >= 0.3 is 0 Å². The van der Waals surface area contributed by atoms with Gasteiger partial charge in [0.25, 0.3) is 5.91 Å². The molecule has 1 fully saturated rings. The zero-order valence-corrected chi connectivity index (χ0v) is 13.7. The molecule has 1 atom stereocenters. The molecule has 0 spiro atoms. The maximum Gasteiger partial charge on any atom is 0.254 e. The van der Waals surface area contributed by atoms with E-state index >= 15 is 0 Å². The number of hydrogen-bond acceptors (Lipinski definition) is 1. The lowest BCUT2D eigenvalue weighted by molar-refractivity contribution is 0.0689. The summed E-state index contributed by atoms with van der Waals surface area (Å²) in [5.41, 5.74) is 1.83. The van der Waals surface area contributed by atoms with Crippen molar-refractivity contribution in [3.05, 3.63) is 33.8 Å². The standard InChI is InChI=1S/C15H19BrClNO/c1-10-9-13(16)3-4-14(10)15(19)18-7-5-12(6-8-18)11(2)17/h3-4,9,11-12H,5-8H2,1-2H3. The van der Waals surface area contributed by atoms with Gasteiger partial charge in [-0.3, -0.25) is 4.79 Å². The Morgan fingerprint density at radius 2 is 2.05 bits per heavy atom. The Labute approximate surface area is 128 Å². The van der Waals surface area contributed by atoms with Gasteiger partial charge < -0.3 is 4.90 Å². The fourth-order valence-electron chi connectivity index (χ4n) is 2.60. The molecule has 1 saturated heterocycles. The summed E-state index contributed by atoms with van der Waals surface area (Å²) >= 11 is 9.56. The molecule has 0 saturated carbocycles. The number of carbonyl (C=O) groups is 1. The van der Waals surface area contributed by atoms with Crippen LogP contribution in [-0.2, 0) is 0 Å². The number of carbonyl (C=O) groups excluding carboxylic acids is 1. The van der Waals surface area contributed by atoms with Gasteiger partial charge in [-0.15, -0.1) is 11.6 Å². The van der Waals surface area contributed by atoms with Crippen LogP contribution in [0, 0.1) is 12.8 Å². The summed E-state index contributed by atoms with van der Waals surface area (Å²) in [7, 11) is 0. The van der Waals surface area contributed by atoms with Crippen molar-refractivity contribution in [2.75, 3.05) is 13.1 Å². The Balaban J connectivity index is 2.05. The highest BCUT2D eigenvalue weighted by atomic mass is 79.9. The van der Waals surface area contributed by atoms with E-state index in [2.05, 4.69) is 15.9 Å². The summed E-state index contributed by atoms with van der Waals surface area (Å²) in [6.07, 6.45) is 2.01. The summed E-state index contributed by atoms with van der Waals surface area (Å²) in [5, 5.41) is 0.201. The third-order valence-corrected chi connectivity index (χ3v) is 4.74. The van der Waals surface area contributed by atoms with E-state index in [1.807, 2.05) is 36.9 Å². The van der Waals surface area contributed by atoms with E-state index in [0.717, 1.165) is 41.5 Å². The number of aryl methyl sites for hydroxylation is 1. The maximum atomic E-state index is 12.5. The summed E-state index contributed by atoms with van der Waals surface area (Å²) < 4.78 is 1.01. The number of hydrogen-bond donors (Lipinski definition) is 0. The van der Waals surface area contributed by atoms with Crippen LogP contribution in [0.25, 0.3) is 0 Å². The molecular weight excluding hydrogens is 326 g/mol. The maximum absolute atomic E-state index is 12.5. The number of nitrogens with zero attached hydrogens (tertiary/aromatic N) is 1. The average molecular weight is 345 g/mol. The normalized spacial score (nSPS) is 18.4. The quantitative estimate of drug-likeness (QED) is 0.735. The van der Waals surface area contributed by atoms with Crippen LogP contribution in [0.15, 0.2) is 22.7 Å². The van der Waals surface area contributed by atoms with E-state index in [9.17, 15) is 4.79 Å². The van der Waals surface area contributed by atoms with Gasteiger partial charge in [0.05, 0.1) is 0 Å². The van der Waals surface area contributed by atoms with Crippen molar-refractivity contribution in [2.45, 2.75) is 32.1 Å². The van der Waals surface area contributed by atoms with Gasteiger partial charge in [-0.05, 0) is 56.4 Å². The van der Waals surface area contributed by atoms with Crippen molar-refractivity contribution in [1.29, 1.82) is 0 Å². The predicted octanol–water partition coefficient (Wildman–Crippen LogP) is 4.24. The summed E-state index contributed by atoms with van der Waals surface area (Å²) in [5.74, 6) is 0.683. The van der Waals surface area contributed by atoms with Gasteiger partial charge in [-0.1, -0.05) is 15.9 Å². The fraction of sp³-hybridized carbons (Fsp3) is 0.533. The highest BCUT2D eigenvalue weighted by Crippen LogP contribution is 2.25. The SMILES string of the molecule is Cc1cc(Br)ccc1C(=O)N1CCC(C(C)Cl)CC1. The Morgan fingerprint density at radius 3 is 2.58 bits per heavy atom. The van der Waals surface area contributed by atoms with Crippen LogP contribution in [0.4, 0.5) is 0 Å². The third-order valence-electron chi connectivity index (χ3n) is 3.90. The number of alkyl halides is 1. The Hall–Kier alpha value is -0.540. The summed E-state index contributed by atoms with van der Waals surface area (Å²) in [6, 6.07) is 5.81. The summed E-state index contributed by atoms with van der Waals surface area (Å²) in [4.78, 5) is 14.4. The smallest absolute Gasteiger partial charge is 0.254 e. The Bertz CT molecular complexity index is 467. The molecule has 0 radical (unpaired) electrons. The molecule has 19 heavy (non-hydrogen) atoms. The highest BCUT2D eigenvalue weighted by Gasteiger charge is 2.26. The minimum Gasteiger partial charge on any atom is -0.339 e. The number of likely N-dealkylation sites (tertiary alicyclic amines) is 1. The zero-order valence-electron chi connectivity index (χ0n) is 11.3. The molecule has 104 valence electrons. The van der Waals surface area contributed by atoms with Crippen LogP contribution in [-0.4, -0.2) is 29.3 Å². The van der Waals surface area contributed by atoms with Gasteiger partial charge in [0.15, 0.2) is 0 Å². The van der Waals surface area contributed by atoms with Crippen molar-refractivity contribution in [1.82, 2.24) is 4.90 Å². The Kier molecular flexibility index (Phi) is 4.91. The molecule has 2 rings (SSSR count). The van der Waals surface area contributed by atoms with E-state index in [-0.39, 0.29) is 11.3 Å². The first-order valence-electron chi connectivity index (χ1n) is 6.68. The van der Waals surface area contributed by atoms with Gasteiger partial charge in [-0.2, -0.15) is 0 Å². The molecule has 0 aromatic heterocycles. The molecule has 1 unspecified atom stereocenters. The minimum absolute atomic E-state index is 0.144. The van der Waals surface area contributed by atoms with E-state index in [1.165, 1.54) is 0 Å². The van der Waals surface area contributed by atoms with Crippen LogP contribution in [0.1, 0.15) is 35.7 Å². The van der Waals surface area contributed by atoms with Crippen molar-refractivity contribution in [2.24, 2.45) is 5.92 Å². The van der Waals surface area contributed by atoms with Gasteiger partial charge in [-0.25, -0.2) is 0 Å². The molecule has 0 N–H and O–H groups in total. The van der Waals surface area contributed by atoms with Crippen molar-refractivity contribution in [3.8, 4) is 0 Å². The number of benzene rings is 1. The van der Waals surface area contributed by atoms with Gasteiger partial charge in [0.1, 0.15) is 0 Å². The van der Waals surface area contributed by atoms with Crippen LogP contribution < -0.4 is 0 Å². The number of rotatable bonds is 2. The van der Waals surface area contributed by atoms with Crippen LogP contribution in [0.3, 0.4) is 0 Å². The van der Waals surface area contributed by atoms with E-state index in [4.69, 9.17) is 11.6 Å². The zero-order chi connectivity index (χ0) is 14.0. The number of halogens is 2. The van der Waals surface area contributed by atoms with E-state index in [0.29, 0.717) is 5.92 Å². The van der Waals surface area contributed by atoms with Crippen molar-refractivity contribution < 1.29 is 4.79 Å². The van der Waals surface area contributed by atoms with E-state index < -0.39 is 0 Å². The summed E-state index contributed by atoms with van der Waals surface area (Å²) in [6.45, 7) is 5.65. The molecule has 0 aliphatic carbocycles. The lowest BCUT2D eigenvalue weighted by atomic mass is 9.93. The predicted molar refractivity (Wildman–Crippen MR) is 82.8 cm³/mol. The average Bonchev–Trinajstić information content (AvgIpc) is 2.38.